The second-order valence-electron chi connectivity index (χ2n) is 2.74. The molecule has 0 aromatic carbocycles. The van der Waals surface area contributed by atoms with Crippen LogP contribution in [0.15, 0.2) is 6.07 Å². The van der Waals surface area contributed by atoms with Crippen LogP contribution in [0.4, 0.5) is 4.39 Å². The second kappa shape index (κ2) is 4.21. The van der Waals surface area contributed by atoms with Crippen LogP contribution in [0.2, 0.25) is 0 Å². The molecule has 1 aromatic rings. The molecule has 2 N–H and O–H groups in total. The highest BCUT2D eigenvalue weighted by atomic mass is 19.1. The lowest BCUT2D eigenvalue weighted by Gasteiger charge is -2.09. The first-order chi connectivity index (χ1) is 5.77. The lowest BCUT2D eigenvalue weighted by molar-refractivity contribution is 0.381. The molecule has 0 saturated carbocycles. The fraction of sp³-hybridized carbons (Fsp3) is 0.625. The van der Waals surface area contributed by atoms with Crippen molar-refractivity contribution in [2.75, 3.05) is 13.2 Å². The van der Waals surface area contributed by atoms with E-state index in [1.54, 1.807) is 0 Å². The zero-order valence-electron chi connectivity index (χ0n) is 7.39. The summed E-state index contributed by atoms with van der Waals surface area (Å²) >= 11 is 0. The van der Waals surface area contributed by atoms with Gasteiger partial charge in [0.25, 0.3) is 0 Å². The minimum atomic E-state index is -0.419. The summed E-state index contributed by atoms with van der Waals surface area (Å²) in [4.78, 5) is 0. The van der Waals surface area contributed by atoms with Gasteiger partial charge >= 0.3 is 0 Å². The van der Waals surface area contributed by atoms with Gasteiger partial charge in [0.15, 0.2) is 0 Å². The smallest absolute Gasteiger partial charge is 0.110 e. The average molecular weight is 171 g/mol. The first-order valence-corrected chi connectivity index (χ1v) is 4.09. The number of nitrogens with one attached hydrogen (secondary N) is 2. The highest BCUT2D eigenvalue weighted by Gasteiger charge is 2.11. The van der Waals surface area contributed by atoms with Crippen LogP contribution in [0.25, 0.3) is 0 Å². The third-order valence-electron chi connectivity index (χ3n) is 1.69. The Morgan fingerprint density at radius 3 is 2.92 bits per heavy atom. The van der Waals surface area contributed by atoms with Gasteiger partial charge in [-0.25, -0.2) is 4.39 Å². The topological polar surface area (TPSA) is 40.7 Å². The number of hydrogen-bond donors (Lipinski definition) is 2. The standard InChI is InChI=1S/C8H14FN3/c1-3-10-8(5-9)7-4-6(2)11-12-7/h4,8,10H,3,5H2,1-2H3,(H,11,12). The molecule has 0 aliphatic rings. The van der Waals surface area contributed by atoms with Crippen molar-refractivity contribution in [2.24, 2.45) is 0 Å². The zero-order chi connectivity index (χ0) is 8.97. The van der Waals surface area contributed by atoms with E-state index in [2.05, 4.69) is 15.5 Å². The van der Waals surface area contributed by atoms with Gasteiger partial charge < -0.3 is 5.32 Å². The summed E-state index contributed by atoms with van der Waals surface area (Å²) in [6, 6.07) is 1.59. The van der Waals surface area contributed by atoms with Crippen LogP contribution < -0.4 is 5.32 Å². The molecule has 1 aromatic heterocycles. The number of H-pyrrole nitrogens is 1. The predicted octanol–water partition coefficient (Wildman–Crippen LogP) is 1.34. The minimum absolute atomic E-state index is 0.264. The SMILES string of the molecule is CCNC(CF)c1cc(C)[nH]n1. The average Bonchev–Trinajstić information content (AvgIpc) is 2.47. The van der Waals surface area contributed by atoms with Gasteiger partial charge in [0.2, 0.25) is 0 Å². The molecule has 0 aliphatic carbocycles. The van der Waals surface area contributed by atoms with Crippen molar-refractivity contribution >= 4 is 0 Å². The Kier molecular flexibility index (Phi) is 3.22. The van der Waals surface area contributed by atoms with Crippen LogP contribution in [0.1, 0.15) is 24.4 Å². The molecule has 0 aliphatic heterocycles. The molecule has 1 atom stereocenters. The van der Waals surface area contributed by atoms with Gasteiger partial charge in [0.05, 0.1) is 11.7 Å². The Hall–Kier alpha value is -0.900. The number of aromatic nitrogens is 2. The third-order valence-corrected chi connectivity index (χ3v) is 1.69. The van der Waals surface area contributed by atoms with Crippen molar-refractivity contribution < 1.29 is 4.39 Å². The third kappa shape index (κ3) is 2.04. The van der Waals surface area contributed by atoms with Crippen LogP contribution in [0.3, 0.4) is 0 Å². The van der Waals surface area contributed by atoms with Gasteiger partial charge in [-0.1, -0.05) is 6.92 Å². The van der Waals surface area contributed by atoms with Crippen LogP contribution >= 0.6 is 0 Å². The number of halogens is 1. The van der Waals surface area contributed by atoms with Gasteiger partial charge in [-0.3, -0.25) is 5.10 Å². The van der Waals surface area contributed by atoms with Crippen LogP contribution in [0, 0.1) is 6.92 Å². The number of rotatable bonds is 4. The van der Waals surface area contributed by atoms with E-state index in [0.717, 1.165) is 17.9 Å². The first kappa shape index (κ1) is 9.19. The summed E-state index contributed by atoms with van der Waals surface area (Å²) in [6.45, 7) is 4.18. The highest BCUT2D eigenvalue weighted by molar-refractivity contribution is 5.11. The van der Waals surface area contributed by atoms with Crippen LogP contribution in [-0.2, 0) is 0 Å². The predicted molar refractivity (Wildman–Crippen MR) is 45.7 cm³/mol. The second-order valence-corrected chi connectivity index (χ2v) is 2.74. The van der Waals surface area contributed by atoms with E-state index in [-0.39, 0.29) is 6.04 Å². The molecule has 0 radical (unpaired) electrons. The van der Waals surface area contributed by atoms with Crippen molar-refractivity contribution in [3.63, 3.8) is 0 Å². The van der Waals surface area contributed by atoms with E-state index in [0.29, 0.717) is 0 Å². The van der Waals surface area contributed by atoms with E-state index in [1.165, 1.54) is 0 Å². The van der Waals surface area contributed by atoms with Crippen molar-refractivity contribution in [3.05, 3.63) is 17.5 Å². The van der Waals surface area contributed by atoms with Crippen molar-refractivity contribution in [3.8, 4) is 0 Å². The number of nitrogens with zero attached hydrogens (tertiary/aromatic N) is 1. The van der Waals surface area contributed by atoms with E-state index in [9.17, 15) is 4.39 Å². The summed E-state index contributed by atoms with van der Waals surface area (Å²) < 4.78 is 12.4. The molecular formula is C8H14FN3. The molecule has 0 fully saturated rings. The summed E-state index contributed by atoms with van der Waals surface area (Å²) in [7, 11) is 0. The maximum Gasteiger partial charge on any atom is 0.110 e. The fourth-order valence-electron chi connectivity index (χ4n) is 1.10. The van der Waals surface area contributed by atoms with E-state index >= 15 is 0 Å². The molecule has 68 valence electrons. The van der Waals surface area contributed by atoms with E-state index in [1.807, 2.05) is 19.9 Å². The molecule has 1 rings (SSSR count). The molecule has 4 heteroatoms. The Morgan fingerprint density at radius 2 is 2.50 bits per heavy atom. The number of alkyl halides is 1. The normalized spacial score (nSPS) is 13.2. The Morgan fingerprint density at radius 1 is 1.75 bits per heavy atom. The van der Waals surface area contributed by atoms with Gasteiger partial charge in [-0.15, -0.1) is 0 Å². The number of aromatic amines is 1. The van der Waals surface area contributed by atoms with Crippen LogP contribution in [-0.4, -0.2) is 23.4 Å². The Balaban J connectivity index is 2.66. The molecule has 1 unspecified atom stereocenters. The number of aryl methyl sites for hydroxylation is 1. The van der Waals surface area contributed by atoms with Crippen LogP contribution in [0.5, 0.6) is 0 Å². The highest BCUT2D eigenvalue weighted by Crippen LogP contribution is 2.10. The Labute approximate surface area is 71.4 Å². The largest absolute Gasteiger partial charge is 0.307 e. The lowest BCUT2D eigenvalue weighted by atomic mass is 10.2. The van der Waals surface area contributed by atoms with E-state index < -0.39 is 6.67 Å². The Bertz CT molecular complexity index is 234. The van der Waals surface area contributed by atoms with Gasteiger partial charge in [-0.2, -0.15) is 5.10 Å². The summed E-state index contributed by atoms with van der Waals surface area (Å²) in [6.07, 6.45) is 0. The monoisotopic (exact) mass is 171 g/mol. The molecule has 0 saturated heterocycles. The lowest BCUT2D eigenvalue weighted by Crippen LogP contribution is -2.22. The van der Waals surface area contributed by atoms with Gasteiger partial charge in [0, 0.05) is 5.69 Å². The van der Waals surface area contributed by atoms with Crippen molar-refractivity contribution in [1.82, 2.24) is 15.5 Å². The summed E-state index contributed by atoms with van der Waals surface area (Å²) in [5, 5.41) is 9.77. The summed E-state index contributed by atoms with van der Waals surface area (Å²) in [5.74, 6) is 0. The maximum absolute atomic E-state index is 12.4. The maximum atomic E-state index is 12.4. The minimum Gasteiger partial charge on any atom is -0.307 e. The van der Waals surface area contributed by atoms with E-state index in [4.69, 9.17) is 0 Å². The molecule has 3 nitrogen and oxygen atoms in total. The number of hydrogen-bond acceptors (Lipinski definition) is 2. The van der Waals surface area contributed by atoms with Gasteiger partial charge in [-0.05, 0) is 19.5 Å². The zero-order valence-corrected chi connectivity index (χ0v) is 7.39. The van der Waals surface area contributed by atoms with Crippen molar-refractivity contribution in [1.29, 1.82) is 0 Å². The molecule has 0 bridgehead atoms. The fourth-order valence-corrected chi connectivity index (χ4v) is 1.10. The van der Waals surface area contributed by atoms with Crippen molar-refractivity contribution in [2.45, 2.75) is 19.9 Å². The molecule has 12 heavy (non-hydrogen) atoms. The molecule has 1 heterocycles. The molecular weight excluding hydrogens is 157 g/mol. The molecule has 0 amide bonds. The van der Waals surface area contributed by atoms with Gasteiger partial charge in [0.1, 0.15) is 6.67 Å². The quantitative estimate of drug-likeness (QED) is 0.717. The molecule has 0 spiro atoms. The first-order valence-electron chi connectivity index (χ1n) is 4.09. The summed E-state index contributed by atoms with van der Waals surface area (Å²) in [5.41, 5.74) is 1.71.